The van der Waals surface area contributed by atoms with E-state index in [2.05, 4.69) is 5.32 Å². The number of nitrogens with one attached hydrogen (secondary N) is 1. The molecular weight excluding hydrogens is 277 g/mol. The van der Waals surface area contributed by atoms with E-state index in [9.17, 15) is 14.0 Å². The van der Waals surface area contributed by atoms with Crippen molar-refractivity contribution in [2.75, 3.05) is 18.5 Å². The number of amides is 1. The molecule has 0 aliphatic carbocycles. The van der Waals surface area contributed by atoms with Gasteiger partial charge < -0.3 is 15.2 Å². The fraction of sp³-hybridized carbons (Fsp3) is 0.333. The second-order valence-electron chi connectivity index (χ2n) is 4.26. The summed E-state index contributed by atoms with van der Waals surface area (Å²) in [6.45, 7) is 2.96. The van der Waals surface area contributed by atoms with E-state index in [-0.39, 0.29) is 18.0 Å². The third-order valence-corrected chi connectivity index (χ3v) is 2.58. The summed E-state index contributed by atoms with van der Waals surface area (Å²) in [7, 11) is 0. The Labute approximate surface area is 122 Å². The fourth-order valence-corrected chi connectivity index (χ4v) is 1.60. The van der Waals surface area contributed by atoms with Crippen LogP contribution < -0.4 is 5.32 Å². The molecule has 1 rings (SSSR count). The monoisotopic (exact) mass is 295 g/mol. The number of carbonyl (C=O) groups is 2. The first-order valence-electron chi connectivity index (χ1n) is 6.61. The Balaban J connectivity index is 2.56. The van der Waals surface area contributed by atoms with Crippen LogP contribution in [0.2, 0.25) is 0 Å². The lowest BCUT2D eigenvalue weighted by atomic mass is 10.1. The van der Waals surface area contributed by atoms with E-state index in [0.717, 1.165) is 12.1 Å². The van der Waals surface area contributed by atoms with Crippen molar-refractivity contribution in [3.63, 3.8) is 0 Å². The average Bonchev–Trinajstić information content (AvgIpc) is 2.44. The summed E-state index contributed by atoms with van der Waals surface area (Å²) in [6.07, 6.45) is 3.01. The third-order valence-electron chi connectivity index (χ3n) is 2.58. The molecule has 6 heteroatoms. The molecule has 5 nitrogen and oxygen atoms in total. The average molecular weight is 295 g/mol. The normalized spacial score (nSPS) is 10.8. The molecule has 0 saturated heterocycles. The van der Waals surface area contributed by atoms with Crippen LogP contribution in [-0.2, 0) is 14.3 Å². The molecule has 0 bridgehead atoms. The highest BCUT2D eigenvalue weighted by atomic mass is 19.1. The molecule has 0 atom stereocenters. The third kappa shape index (κ3) is 6.67. The van der Waals surface area contributed by atoms with Gasteiger partial charge in [0.15, 0.2) is 0 Å². The summed E-state index contributed by atoms with van der Waals surface area (Å²) in [5, 5.41) is 11.0. The van der Waals surface area contributed by atoms with Gasteiger partial charge in [0.1, 0.15) is 5.82 Å². The minimum absolute atomic E-state index is 0.0730. The first-order valence-corrected chi connectivity index (χ1v) is 6.61. The van der Waals surface area contributed by atoms with Gasteiger partial charge in [0.25, 0.3) is 0 Å². The maximum atomic E-state index is 13.8. The molecular formula is C15H18FNO4. The lowest BCUT2D eigenvalue weighted by molar-refractivity contribution is -0.131. The molecule has 0 fully saturated rings. The van der Waals surface area contributed by atoms with Gasteiger partial charge in [0, 0.05) is 25.7 Å². The van der Waals surface area contributed by atoms with E-state index in [1.54, 1.807) is 0 Å². The number of anilines is 1. The van der Waals surface area contributed by atoms with Crippen LogP contribution in [0.4, 0.5) is 10.1 Å². The van der Waals surface area contributed by atoms with Gasteiger partial charge in [-0.1, -0.05) is 6.07 Å². The van der Waals surface area contributed by atoms with Crippen molar-refractivity contribution in [1.29, 1.82) is 0 Å². The van der Waals surface area contributed by atoms with E-state index >= 15 is 0 Å². The number of benzene rings is 1. The van der Waals surface area contributed by atoms with Gasteiger partial charge in [-0.15, -0.1) is 0 Å². The van der Waals surface area contributed by atoms with E-state index in [1.807, 2.05) is 6.92 Å². The molecule has 114 valence electrons. The standard InChI is InChI=1S/C15H18FNO4/c1-2-21-9-3-4-14(18)17-13-7-5-11(10-12(13)16)6-8-15(19)20/h5-8,10H,2-4,9H2,1H3,(H,17,18)(H,19,20)/b8-6+. The van der Waals surface area contributed by atoms with Crippen molar-refractivity contribution >= 4 is 23.6 Å². The van der Waals surface area contributed by atoms with E-state index in [4.69, 9.17) is 9.84 Å². The quantitative estimate of drug-likeness (QED) is 0.571. The van der Waals surface area contributed by atoms with E-state index in [1.165, 1.54) is 18.2 Å². The molecule has 0 aliphatic heterocycles. The molecule has 1 aromatic carbocycles. The molecule has 0 aromatic heterocycles. The molecule has 0 saturated carbocycles. The van der Waals surface area contributed by atoms with Crippen LogP contribution in [-0.4, -0.2) is 30.2 Å². The minimum atomic E-state index is -1.11. The molecule has 0 radical (unpaired) electrons. The van der Waals surface area contributed by atoms with Gasteiger partial charge in [-0.3, -0.25) is 4.79 Å². The number of ether oxygens (including phenoxy) is 1. The number of halogens is 1. The summed E-state index contributed by atoms with van der Waals surface area (Å²) in [4.78, 5) is 22.0. The Morgan fingerprint density at radius 2 is 2.19 bits per heavy atom. The zero-order valence-corrected chi connectivity index (χ0v) is 11.8. The van der Waals surface area contributed by atoms with E-state index < -0.39 is 11.8 Å². The number of aliphatic carboxylic acids is 1. The number of carboxylic acid groups (broad SMARTS) is 1. The minimum Gasteiger partial charge on any atom is -0.478 e. The predicted octanol–water partition coefficient (Wildman–Crippen LogP) is 2.68. The van der Waals surface area contributed by atoms with Crippen LogP contribution in [0.25, 0.3) is 6.08 Å². The zero-order chi connectivity index (χ0) is 15.7. The zero-order valence-electron chi connectivity index (χ0n) is 11.8. The number of carbonyl (C=O) groups excluding carboxylic acids is 1. The Bertz CT molecular complexity index is 528. The van der Waals surface area contributed by atoms with Gasteiger partial charge in [0.2, 0.25) is 5.91 Å². The van der Waals surface area contributed by atoms with Crippen molar-refractivity contribution in [3.05, 3.63) is 35.7 Å². The molecule has 0 heterocycles. The Hall–Kier alpha value is -2.21. The first-order chi connectivity index (χ1) is 10.0. The molecule has 21 heavy (non-hydrogen) atoms. The highest BCUT2D eigenvalue weighted by Crippen LogP contribution is 2.17. The van der Waals surface area contributed by atoms with Crippen LogP contribution in [0, 0.1) is 5.82 Å². The lowest BCUT2D eigenvalue weighted by Crippen LogP contribution is -2.13. The van der Waals surface area contributed by atoms with Gasteiger partial charge in [0.05, 0.1) is 5.69 Å². The largest absolute Gasteiger partial charge is 0.478 e. The van der Waals surface area contributed by atoms with Crippen molar-refractivity contribution in [2.24, 2.45) is 0 Å². The van der Waals surface area contributed by atoms with Crippen LogP contribution >= 0.6 is 0 Å². The molecule has 1 amide bonds. The van der Waals surface area contributed by atoms with Crippen LogP contribution in [0.15, 0.2) is 24.3 Å². The van der Waals surface area contributed by atoms with Crippen molar-refractivity contribution < 1.29 is 23.8 Å². The smallest absolute Gasteiger partial charge is 0.328 e. The SMILES string of the molecule is CCOCCCC(=O)Nc1ccc(/C=C/C(=O)O)cc1F. The topological polar surface area (TPSA) is 75.6 Å². The van der Waals surface area contributed by atoms with E-state index in [0.29, 0.717) is 25.2 Å². The molecule has 2 N–H and O–H groups in total. The van der Waals surface area contributed by atoms with Crippen LogP contribution in [0.3, 0.4) is 0 Å². The van der Waals surface area contributed by atoms with Gasteiger partial charge >= 0.3 is 5.97 Å². The van der Waals surface area contributed by atoms with Crippen molar-refractivity contribution in [2.45, 2.75) is 19.8 Å². The van der Waals surface area contributed by atoms with Gasteiger partial charge in [-0.05, 0) is 37.1 Å². The molecule has 0 aliphatic rings. The molecule has 1 aromatic rings. The summed E-state index contributed by atoms with van der Waals surface area (Å²) in [6, 6.07) is 4.09. The molecule has 0 spiro atoms. The predicted molar refractivity (Wildman–Crippen MR) is 77.4 cm³/mol. The number of carboxylic acids is 1. The molecule has 0 unspecified atom stereocenters. The summed E-state index contributed by atoms with van der Waals surface area (Å²) in [5.74, 6) is -2.01. The fourth-order valence-electron chi connectivity index (χ4n) is 1.60. The first kappa shape index (κ1) is 16.8. The van der Waals surface area contributed by atoms with Crippen molar-refractivity contribution in [1.82, 2.24) is 0 Å². The highest BCUT2D eigenvalue weighted by Gasteiger charge is 2.07. The lowest BCUT2D eigenvalue weighted by Gasteiger charge is -2.07. The number of hydrogen-bond donors (Lipinski definition) is 2. The Kier molecular flexibility index (Phi) is 7.11. The number of rotatable bonds is 8. The maximum absolute atomic E-state index is 13.8. The summed E-state index contributed by atoms with van der Waals surface area (Å²) < 4.78 is 18.9. The summed E-state index contributed by atoms with van der Waals surface area (Å²) in [5.41, 5.74) is 0.480. The van der Waals surface area contributed by atoms with Crippen LogP contribution in [0.5, 0.6) is 0 Å². The Morgan fingerprint density at radius 1 is 1.43 bits per heavy atom. The highest BCUT2D eigenvalue weighted by molar-refractivity contribution is 5.91. The van der Waals surface area contributed by atoms with Gasteiger partial charge in [-0.25, -0.2) is 9.18 Å². The summed E-state index contributed by atoms with van der Waals surface area (Å²) >= 11 is 0. The van der Waals surface area contributed by atoms with Crippen LogP contribution in [0.1, 0.15) is 25.3 Å². The van der Waals surface area contributed by atoms with Crippen molar-refractivity contribution in [3.8, 4) is 0 Å². The maximum Gasteiger partial charge on any atom is 0.328 e. The number of hydrogen-bond acceptors (Lipinski definition) is 3. The second-order valence-corrected chi connectivity index (χ2v) is 4.26. The van der Waals surface area contributed by atoms with Gasteiger partial charge in [-0.2, -0.15) is 0 Å². The second kappa shape index (κ2) is 8.86. The Morgan fingerprint density at radius 3 is 2.81 bits per heavy atom.